The molecule has 0 bridgehead atoms. The van der Waals surface area contributed by atoms with Crippen LogP contribution in [0.2, 0.25) is 5.02 Å². The van der Waals surface area contributed by atoms with Crippen LogP contribution < -0.4 is 0 Å². The molecule has 0 saturated carbocycles. The molecule has 0 saturated heterocycles. The lowest BCUT2D eigenvalue weighted by molar-refractivity contribution is -0.163. The molecule has 0 aromatic heterocycles. The molecule has 208 valence electrons. The van der Waals surface area contributed by atoms with Gasteiger partial charge in [0.2, 0.25) is 0 Å². The monoisotopic (exact) mass is 564 g/mol. The predicted octanol–water partition coefficient (Wildman–Crippen LogP) is 8.46. The highest BCUT2D eigenvalue weighted by molar-refractivity contribution is 7.80. The van der Waals surface area contributed by atoms with Crippen LogP contribution in [0.5, 0.6) is 0 Å². The molecular weight excluding hydrogens is 519 g/mol. The molecule has 0 aliphatic carbocycles. The van der Waals surface area contributed by atoms with E-state index in [1.807, 2.05) is 24.3 Å². The summed E-state index contributed by atoms with van der Waals surface area (Å²) < 4.78 is 24.7. The van der Waals surface area contributed by atoms with E-state index in [0.717, 1.165) is 62.7 Å². The van der Waals surface area contributed by atoms with Gasteiger partial charge in [0, 0.05) is 5.02 Å². The zero-order valence-electron chi connectivity index (χ0n) is 22.2. The Balaban J connectivity index is 3.03. The molecule has 6 nitrogen and oxygen atoms in total. The largest absolute Gasteiger partial charge is 0.479 e. The number of ether oxygens (including phenoxy) is 1. The molecule has 0 heterocycles. The Hall–Kier alpha value is -0.560. The lowest BCUT2D eigenvalue weighted by Gasteiger charge is -2.36. The summed E-state index contributed by atoms with van der Waals surface area (Å²) >= 11 is 10.3. The summed E-state index contributed by atoms with van der Waals surface area (Å²) in [5, 5.41) is 8.60. The summed E-state index contributed by atoms with van der Waals surface area (Å²) in [6, 6.07) is 7.47. The van der Waals surface area contributed by atoms with Gasteiger partial charge in [0.05, 0.1) is 12.7 Å². The molecule has 0 fully saturated rings. The van der Waals surface area contributed by atoms with E-state index in [0.29, 0.717) is 24.3 Å². The van der Waals surface area contributed by atoms with Gasteiger partial charge in [-0.15, -0.1) is 0 Å². The van der Waals surface area contributed by atoms with Gasteiger partial charge in [0.15, 0.2) is 0 Å². The molecule has 0 amide bonds. The SMILES string of the molecule is CCCOP(=O)(O)C(CCC(CCC)c1ccc(Cl)cc1)(OC(C)CCCCCCCCS)C(=O)O. The average Bonchev–Trinajstić information content (AvgIpc) is 2.84. The first-order valence-electron chi connectivity index (χ1n) is 13.4. The molecule has 0 radical (unpaired) electrons. The van der Waals surface area contributed by atoms with Gasteiger partial charge in [-0.2, -0.15) is 12.6 Å². The molecule has 1 rings (SSSR count). The van der Waals surface area contributed by atoms with Crippen LogP contribution >= 0.6 is 31.8 Å². The number of halogens is 1. The van der Waals surface area contributed by atoms with Gasteiger partial charge in [-0.25, -0.2) is 4.79 Å². The van der Waals surface area contributed by atoms with Crippen molar-refractivity contribution in [3.05, 3.63) is 34.9 Å². The van der Waals surface area contributed by atoms with Crippen LogP contribution in [0.1, 0.15) is 109 Å². The van der Waals surface area contributed by atoms with Crippen LogP contribution in [0.15, 0.2) is 24.3 Å². The molecule has 4 atom stereocenters. The van der Waals surface area contributed by atoms with E-state index >= 15 is 0 Å². The minimum absolute atomic E-state index is 0.00771. The molecule has 9 heteroatoms. The minimum Gasteiger partial charge on any atom is -0.479 e. The van der Waals surface area contributed by atoms with Gasteiger partial charge >= 0.3 is 13.6 Å². The van der Waals surface area contributed by atoms with E-state index in [1.165, 1.54) is 0 Å². The van der Waals surface area contributed by atoms with E-state index in [9.17, 15) is 19.4 Å². The van der Waals surface area contributed by atoms with Crippen LogP contribution in [-0.4, -0.2) is 39.8 Å². The van der Waals surface area contributed by atoms with Gasteiger partial charge in [-0.05, 0) is 74.8 Å². The summed E-state index contributed by atoms with van der Waals surface area (Å²) in [5.41, 5.74) is 1.02. The Bertz CT molecular complexity index is 793. The maximum absolute atomic E-state index is 13.4. The number of carboxylic acid groups (broad SMARTS) is 1. The Morgan fingerprint density at radius 3 is 2.19 bits per heavy atom. The Morgan fingerprint density at radius 2 is 1.64 bits per heavy atom. The van der Waals surface area contributed by atoms with E-state index in [2.05, 4.69) is 19.6 Å². The smallest absolute Gasteiger partial charge is 0.371 e. The van der Waals surface area contributed by atoms with E-state index in [4.69, 9.17) is 20.9 Å². The van der Waals surface area contributed by atoms with Crippen LogP contribution in [0.25, 0.3) is 0 Å². The van der Waals surface area contributed by atoms with Crippen molar-refractivity contribution in [1.82, 2.24) is 0 Å². The maximum atomic E-state index is 13.4. The lowest BCUT2D eigenvalue weighted by atomic mass is 9.89. The van der Waals surface area contributed by atoms with Crippen LogP contribution in [0, 0.1) is 0 Å². The number of hydrogen-bond donors (Lipinski definition) is 3. The summed E-state index contributed by atoms with van der Waals surface area (Å²) in [5.74, 6) is -0.539. The van der Waals surface area contributed by atoms with Crippen molar-refractivity contribution in [1.29, 1.82) is 0 Å². The predicted molar refractivity (Wildman–Crippen MR) is 151 cm³/mol. The van der Waals surface area contributed by atoms with Gasteiger partial charge in [-0.1, -0.05) is 76.1 Å². The third-order valence-electron chi connectivity index (χ3n) is 6.49. The topological polar surface area (TPSA) is 93.1 Å². The van der Waals surface area contributed by atoms with E-state index < -0.39 is 25.0 Å². The van der Waals surface area contributed by atoms with Crippen molar-refractivity contribution in [2.45, 2.75) is 115 Å². The Kier molecular flexibility index (Phi) is 16.6. The zero-order chi connectivity index (χ0) is 27.0. The molecule has 4 unspecified atom stereocenters. The molecular formula is C27H46ClO6PS. The molecule has 0 spiro atoms. The standard InChI is InChI=1S/C27H46ClO6PS/c1-4-12-23(24-14-16-25(28)17-15-24)18-19-27(26(29)30,35(31,32)33-20-5-2)34-22(3)13-10-8-6-7-9-11-21-36/h14-17,22-23,36H,4-13,18-21H2,1-3H3,(H,29,30)(H,31,32). The Labute approximate surface area is 228 Å². The van der Waals surface area contributed by atoms with Gasteiger partial charge in [-0.3, -0.25) is 4.57 Å². The fraction of sp³-hybridized carbons (Fsp3) is 0.741. The molecule has 1 aromatic rings. The van der Waals surface area contributed by atoms with Gasteiger partial charge in [0.1, 0.15) is 0 Å². The number of carboxylic acids is 1. The molecule has 1 aromatic carbocycles. The second-order valence-electron chi connectivity index (χ2n) is 9.58. The molecule has 36 heavy (non-hydrogen) atoms. The third kappa shape index (κ3) is 11.0. The molecule has 0 aliphatic rings. The number of thiol groups is 1. The summed E-state index contributed by atoms with van der Waals surface area (Å²) in [6.07, 6.45) is 8.97. The summed E-state index contributed by atoms with van der Waals surface area (Å²) in [4.78, 5) is 23.6. The zero-order valence-corrected chi connectivity index (χ0v) is 24.7. The first-order chi connectivity index (χ1) is 17.1. The second-order valence-corrected chi connectivity index (χ2v) is 12.5. The van der Waals surface area contributed by atoms with Crippen molar-refractivity contribution < 1.29 is 28.6 Å². The number of aliphatic carboxylic acids is 1. The lowest BCUT2D eigenvalue weighted by Crippen LogP contribution is -2.44. The number of unbranched alkanes of at least 4 members (excludes halogenated alkanes) is 5. The molecule has 0 aliphatic heterocycles. The first-order valence-corrected chi connectivity index (χ1v) is 16.0. The van der Waals surface area contributed by atoms with Crippen molar-refractivity contribution in [3.63, 3.8) is 0 Å². The first kappa shape index (κ1) is 33.5. The summed E-state index contributed by atoms with van der Waals surface area (Å²) in [6.45, 7) is 5.63. The highest BCUT2D eigenvalue weighted by Crippen LogP contribution is 2.59. The fourth-order valence-electron chi connectivity index (χ4n) is 4.44. The number of benzene rings is 1. The maximum Gasteiger partial charge on any atom is 0.371 e. The molecule has 2 N–H and O–H groups in total. The minimum atomic E-state index is -4.64. The summed E-state index contributed by atoms with van der Waals surface area (Å²) in [7, 11) is -4.64. The number of hydrogen-bond acceptors (Lipinski definition) is 5. The van der Waals surface area contributed by atoms with Crippen molar-refractivity contribution in [2.24, 2.45) is 0 Å². The van der Waals surface area contributed by atoms with Crippen LogP contribution in [-0.2, 0) is 18.6 Å². The van der Waals surface area contributed by atoms with Crippen molar-refractivity contribution >= 4 is 37.8 Å². The Morgan fingerprint density at radius 1 is 1.03 bits per heavy atom. The highest BCUT2D eigenvalue weighted by Gasteiger charge is 2.58. The van der Waals surface area contributed by atoms with E-state index in [-0.39, 0.29) is 18.9 Å². The number of carbonyl (C=O) groups is 1. The number of rotatable bonds is 21. The van der Waals surface area contributed by atoms with Gasteiger partial charge in [0.25, 0.3) is 5.34 Å². The van der Waals surface area contributed by atoms with E-state index in [1.54, 1.807) is 13.8 Å². The van der Waals surface area contributed by atoms with Crippen LogP contribution in [0.3, 0.4) is 0 Å². The van der Waals surface area contributed by atoms with Crippen molar-refractivity contribution in [3.8, 4) is 0 Å². The van der Waals surface area contributed by atoms with Crippen molar-refractivity contribution in [2.75, 3.05) is 12.4 Å². The third-order valence-corrected chi connectivity index (χ3v) is 9.02. The van der Waals surface area contributed by atoms with Gasteiger partial charge < -0.3 is 19.3 Å². The highest BCUT2D eigenvalue weighted by atomic mass is 35.5. The fourth-order valence-corrected chi connectivity index (χ4v) is 6.39. The average molecular weight is 565 g/mol. The quantitative estimate of drug-likeness (QED) is 0.0787. The second kappa shape index (κ2) is 17.9. The normalized spacial score (nSPS) is 16.7. The van der Waals surface area contributed by atoms with Crippen LogP contribution in [0.4, 0.5) is 0 Å².